The summed E-state index contributed by atoms with van der Waals surface area (Å²) < 4.78 is 0. The Hall–Kier alpha value is -3.54. The summed E-state index contributed by atoms with van der Waals surface area (Å²) in [4.78, 5) is 50.3. The number of hydrogen-bond acceptors (Lipinski definition) is 7. The summed E-state index contributed by atoms with van der Waals surface area (Å²) >= 11 is 0. The SMILES string of the molecule is C#CCCC1(CCNc2cccc3c2C(=O)N([C@@H]2CCC(=O)NC2=O)C3=O)N=N1. The molecule has 0 aliphatic carbocycles. The van der Waals surface area contributed by atoms with E-state index in [9.17, 15) is 19.2 Å². The van der Waals surface area contributed by atoms with Crippen LogP contribution in [0.2, 0.25) is 0 Å². The highest BCUT2D eigenvalue weighted by atomic mass is 16.2. The highest BCUT2D eigenvalue weighted by molar-refractivity contribution is 6.25. The molecule has 9 heteroatoms. The molecular formula is C20H19N5O4. The van der Waals surface area contributed by atoms with Crippen molar-refractivity contribution in [2.24, 2.45) is 10.2 Å². The first kappa shape index (κ1) is 18.8. The first-order valence-electron chi connectivity index (χ1n) is 9.42. The molecule has 1 saturated heterocycles. The summed E-state index contributed by atoms with van der Waals surface area (Å²) in [5, 5.41) is 13.5. The van der Waals surface area contributed by atoms with Crippen molar-refractivity contribution < 1.29 is 19.2 Å². The van der Waals surface area contributed by atoms with Gasteiger partial charge in [0.25, 0.3) is 11.8 Å². The van der Waals surface area contributed by atoms with Crippen molar-refractivity contribution in [2.75, 3.05) is 11.9 Å². The van der Waals surface area contributed by atoms with Crippen LogP contribution in [0.25, 0.3) is 0 Å². The molecular weight excluding hydrogens is 374 g/mol. The van der Waals surface area contributed by atoms with Crippen LogP contribution in [0.4, 0.5) is 5.69 Å². The monoisotopic (exact) mass is 393 g/mol. The van der Waals surface area contributed by atoms with Crippen LogP contribution < -0.4 is 10.6 Å². The Morgan fingerprint density at radius 1 is 1.21 bits per heavy atom. The maximum absolute atomic E-state index is 13.0. The van der Waals surface area contributed by atoms with Gasteiger partial charge in [-0.15, -0.1) is 12.3 Å². The third kappa shape index (κ3) is 3.38. The molecule has 4 amide bonds. The number of anilines is 1. The van der Waals surface area contributed by atoms with Gasteiger partial charge in [-0.25, -0.2) is 0 Å². The zero-order chi connectivity index (χ0) is 20.6. The third-order valence-corrected chi connectivity index (χ3v) is 5.36. The Morgan fingerprint density at radius 3 is 2.69 bits per heavy atom. The van der Waals surface area contributed by atoms with E-state index in [-0.39, 0.29) is 24.0 Å². The van der Waals surface area contributed by atoms with Gasteiger partial charge in [0.1, 0.15) is 6.04 Å². The van der Waals surface area contributed by atoms with Gasteiger partial charge in [0.05, 0.1) is 11.1 Å². The molecule has 0 saturated carbocycles. The predicted molar refractivity (Wildman–Crippen MR) is 102 cm³/mol. The highest BCUT2D eigenvalue weighted by Gasteiger charge is 2.45. The molecule has 0 bridgehead atoms. The van der Waals surface area contributed by atoms with Crippen molar-refractivity contribution in [2.45, 2.75) is 43.8 Å². The molecule has 148 valence electrons. The zero-order valence-electron chi connectivity index (χ0n) is 15.6. The van der Waals surface area contributed by atoms with E-state index in [1.54, 1.807) is 18.2 Å². The van der Waals surface area contributed by atoms with Crippen LogP contribution in [0.3, 0.4) is 0 Å². The minimum atomic E-state index is -0.982. The van der Waals surface area contributed by atoms with Gasteiger partial charge in [-0.2, -0.15) is 10.2 Å². The predicted octanol–water partition coefficient (Wildman–Crippen LogP) is 1.47. The summed E-state index contributed by atoms with van der Waals surface area (Å²) in [6.07, 6.45) is 7.39. The third-order valence-electron chi connectivity index (χ3n) is 5.36. The smallest absolute Gasteiger partial charge is 0.264 e. The quantitative estimate of drug-likeness (QED) is 0.537. The minimum absolute atomic E-state index is 0.0850. The average molecular weight is 393 g/mol. The molecule has 0 aromatic heterocycles. The fourth-order valence-corrected chi connectivity index (χ4v) is 3.73. The molecule has 0 radical (unpaired) electrons. The lowest BCUT2D eigenvalue weighted by atomic mass is 10.0. The number of carbonyl (C=O) groups is 4. The van der Waals surface area contributed by atoms with Crippen LogP contribution in [0.1, 0.15) is 52.8 Å². The maximum Gasteiger partial charge on any atom is 0.264 e. The lowest BCUT2D eigenvalue weighted by Crippen LogP contribution is -2.54. The van der Waals surface area contributed by atoms with E-state index in [1.165, 1.54) is 0 Å². The van der Waals surface area contributed by atoms with Crippen molar-refractivity contribution in [3.8, 4) is 12.3 Å². The van der Waals surface area contributed by atoms with Crippen LogP contribution in [-0.2, 0) is 9.59 Å². The average Bonchev–Trinajstić information content (AvgIpc) is 3.42. The van der Waals surface area contributed by atoms with Gasteiger partial charge < -0.3 is 5.32 Å². The first-order chi connectivity index (χ1) is 14.0. The van der Waals surface area contributed by atoms with Crippen molar-refractivity contribution in [1.82, 2.24) is 10.2 Å². The first-order valence-corrected chi connectivity index (χ1v) is 9.42. The van der Waals surface area contributed by atoms with Gasteiger partial charge in [0.15, 0.2) is 5.66 Å². The van der Waals surface area contributed by atoms with Gasteiger partial charge in [-0.3, -0.25) is 29.4 Å². The Balaban J connectivity index is 1.49. The fourth-order valence-electron chi connectivity index (χ4n) is 3.73. The number of terminal acetylenes is 1. The molecule has 0 unspecified atom stereocenters. The second-order valence-corrected chi connectivity index (χ2v) is 7.24. The normalized spacial score (nSPS) is 21.6. The van der Waals surface area contributed by atoms with Crippen molar-refractivity contribution in [3.05, 3.63) is 29.3 Å². The van der Waals surface area contributed by atoms with E-state index < -0.39 is 35.3 Å². The van der Waals surface area contributed by atoms with Gasteiger partial charge in [0, 0.05) is 37.9 Å². The van der Waals surface area contributed by atoms with Crippen molar-refractivity contribution >= 4 is 29.3 Å². The van der Waals surface area contributed by atoms with Crippen molar-refractivity contribution in [1.29, 1.82) is 0 Å². The number of fused-ring (bicyclic) bond motifs is 1. The van der Waals surface area contributed by atoms with Crippen LogP contribution in [0, 0.1) is 12.3 Å². The standard InChI is InChI=1S/C20H19N5O4/c1-2-3-9-20(23-24-20)10-11-21-13-6-4-5-12-16(13)19(29)25(18(12)28)14-7-8-15(26)22-17(14)27/h1,4-6,14,21H,3,7-11H2,(H,22,26,27)/t14-/m1/s1. The number of nitrogens with one attached hydrogen (secondary N) is 2. The minimum Gasteiger partial charge on any atom is -0.384 e. The van der Waals surface area contributed by atoms with Crippen LogP contribution in [0.15, 0.2) is 28.4 Å². The number of hydrogen-bond donors (Lipinski definition) is 2. The summed E-state index contributed by atoms with van der Waals surface area (Å²) in [6.45, 7) is 0.494. The number of amides is 4. The molecule has 1 aromatic carbocycles. The molecule has 1 fully saturated rings. The molecule has 2 N–H and O–H groups in total. The van der Waals surface area contributed by atoms with Gasteiger partial charge >= 0.3 is 0 Å². The lowest BCUT2D eigenvalue weighted by Gasteiger charge is -2.27. The number of rotatable bonds is 7. The second-order valence-electron chi connectivity index (χ2n) is 7.24. The molecule has 0 spiro atoms. The Morgan fingerprint density at radius 2 is 2.00 bits per heavy atom. The van der Waals surface area contributed by atoms with Crippen LogP contribution >= 0.6 is 0 Å². The van der Waals surface area contributed by atoms with E-state index in [0.717, 1.165) is 4.90 Å². The van der Waals surface area contributed by atoms with E-state index in [1.807, 2.05) is 0 Å². The molecule has 3 heterocycles. The van der Waals surface area contributed by atoms with Gasteiger partial charge in [-0.1, -0.05) is 6.07 Å². The maximum atomic E-state index is 13.0. The van der Waals surface area contributed by atoms with E-state index in [2.05, 4.69) is 26.8 Å². The van der Waals surface area contributed by atoms with Crippen LogP contribution in [-0.4, -0.2) is 46.8 Å². The van der Waals surface area contributed by atoms with E-state index in [0.29, 0.717) is 31.5 Å². The Labute approximate surface area is 166 Å². The molecule has 1 atom stereocenters. The largest absolute Gasteiger partial charge is 0.384 e. The van der Waals surface area contributed by atoms with Crippen molar-refractivity contribution in [3.63, 3.8) is 0 Å². The molecule has 3 aliphatic heterocycles. The highest BCUT2D eigenvalue weighted by Crippen LogP contribution is 2.37. The summed E-state index contributed by atoms with van der Waals surface area (Å²) in [5.41, 5.74) is 0.552. The van der Waals surface area contributed by atoms with Gasteiger partial charge in [-0.05, 0) is 18.6 Å². The fraction of sp³-hybridized carbons (Fsp3) is 0.400. The lowest BCUT2D eigenvalue weighted by molar-refractivity contribution is -0.136. The second kappa shape index (κ2) is 7.13. The number of piperidine rings is 1. The number of imide groups is 2. The molecule has 1 aromatic rings. The summed E-state index contributed by atoms with van der Waals surface area (Å²) in [6, 6.07) is 3.98. The number of benzene rings is 1. The van der Waals surface area contributed by atoms with E-state index in [4.69, 9.17) is 6.42 Å². The topological polar surface area (TPSA) is 120 Å². The molecule has 9 nitrogen and oxygen atoms in total. The number of nitrogens with zero attached hydrogens (tertiary/aromatic N) is 3. The van der Waals surface area contributed by atoms with Gasteiger partial charge in [0.2, 0.25) is 11.8 Å². The molecule has 3 aliphatic rings. The Kier molecular flexibility index (Phi) is 4.62. The Bertz CT molecular complexity index is 987. The zero-order valence-corrected chi connectivity index (χ0v) is 15.6. The molecule has 29 heavy (non-hydrogen) atoms. The number of carbonyl (C=O) groups excluding carboxylic acids is 4. The summed E-state index contributed by atoms with van der Waals surface area (Å²) in [7, 11) is 0. The van der Waals surface area contributed by atoms with Crippen LogP contribution in [0.5, 0.6) is 0 Å². The molecule has 4 rings (SSSR count). The van der Waals surface area contributed by atoms with E-state index >= 15 is 0 Å². The summed E-state index contributed by atoms with van der Waals surface area (Å²) in [5.74, 6) is 0.483.